The quantitative estimate of drug-likeness (QED) is 0.832. The number of anilines is 2. The number of nitrogen functional groups attached to an aromatic ring is 1. The predicted molar refractivity (Wildman–Crippen MR) is 63.2 cm³/mol. The molecule has 0 saturated carbocycles. The normalized spacial score (nSPS) is 16.4. The summed E-state index contributed by atoms with van der Waals surface area (Å²) in [6, 6.07) is 1.84. The highest BCUT2D eigenvalue weighted by Gasteiger charge is 2.13. The zero-order valence-electron chi connectivity index (χ0n) is 9.65. The molecule has 2 rings (SSSR count). The smallest absolute Gasteiger partial charge is 0.158 e. The second kappa shape index (κ2) is 5.12. The summed E-state index contributed by atoms with van der Waals surface area (Å²) >= 11 is 0. The lowest BCUT2D eigenvalue weighted by Gasteiger charge is -2.27. The molecule has 5 heteroatoms. The fourth-order valence-electron chi connectivity index (χ4n) is 1.98. The topological polar surface area (TPSA) is 64.3 Å². The van der Waals surface area contributed by atoms with E-state index in [1.807, 2.05) is 6.07 Å². The zero-order valence-corrected chi connectivity index (χ0v) is 9.65. The molecule has 1 aliphatic heterocycles. The Kier molecular flexibility index (Phi) is 3.56. The lowest BCUT2D eigenvalue weighted by Crippen LogP contribution is -2.30. The lowest BCUT2D eigenvalue weighted by molar-refractivity contribution is 0.178. The van der Waals surface area contributed by atoms with Crippen molar-refractivity contribution in [1.29, 1.82) is 0 Å². The molecule has 0 bridgehead atoms. The first-order valence-electron chi connectivity index (χ1n) is 5.67. The second-order valence-corrected chi connectivity index (χ2v) is 4.05. The molecule has 1 aromatic rings. The molecule has 1 saturated heterocycles. The first kappa shape index (κ1) is 11.1. The minimum Gasteiger partial charge on any atom is -0.384 e. The molecule has 16 heavy (non-hydrogen) atoms. The van der Waals surface area contributed by atoms with Crippen molar-refractivity contribution in [3.63, 3.8) is 0 Å². The number of hydrogen-bond acceptors (Lipinski definition) is 5. The summed E-state index contributed by atoms with van der Waals surface area (Å²) in [6.07, 6.45) is 3.76. The maximum absolute atomic E-state index is 5.76. The van der Waals surface area contributed by atoms with E-state index in [2.05, 4.69) is 14.9 Å². The summed E-state index contributed by atoms with van der Waals surface area (Å²) in [4.78, 5) is 10.9. The molecular formula is C11H18N4O. The zero-order chi connectivity index (χ0) is 11.4. The van der Waals surface area contributed by atoms with Crippen molar-refractivity contribution in [1.82, 2.24) is 9.97 Å². The summed E-state index contributed by atoms with van der Waals surface area (Å²) in [7, 11) is 1.63. The van der Waals surface area contributed by atoms with Gasteiger partial charge in [-0.25, -0.2) is 9.97 Å². The number of methoxy groups -OCH3 is 1. The summed E-state index contributed by atoms with van der Waals surface area (Å²) in [6.45, 7) is 2.53. The lowest BCUT2D eigenvalue weighted by atomic mass is 10.1. The number of piperidine rings is 1. The molecular weight excluding hydrogens is 204 g/mol. The molecule has 5 nitrogen and oxygen atoms in total. The minimum absolute atomic E-state index is 0.409. The molecule has 0 aromatic carbocycles. The van der Waals surface area contributed by atoms with Gasteiger partial charge in [0.1, 0.15) is 18.2 Å². The SMILES string of the molecule is COCc1nc(N)cc(N2CCCCC2)n1. The fourth-order valence-corrected chi connectivity index (χ4v) is 1.98. The van der Waals surface area contributed by atoms with E-state index in [0.29, 0.717) is 18.2 Å². The van der Waals surface area contributed by atoms with E-state index in [0.717, 1.165) is 18.9 Å². The van der Waals surface area contributed by atoms with Crippen molar-refractivity contribution in [2.24, 2.45) is 0 Å². The van der Waals surface area contributed by atoms with Gasteiger partial charge in [-0.2, -0.15) is 0 Å². The Balaban J connectivity index is 2.18. The van der Waals surface area contributed by atoms with Crippen LogP contribution in [-0.4, -0.2) is 30.2 Å². The average molecular weight is 222 g/mol. The van der Waals surface area contributed by atoms with Crippen LogP contribution >= 0.6 is 0 Å². The van der Waals surface area contributed by atoms with Crippen molar-refractivity contribution in [3.8, 4) is 0 Å². The third kappa shape index (κ3) is 2.61. The largest absolute Gasteiger partial charge is 0.384 e. The Labute approximate surface area is 95.6 Å². The Morgan fingerprint density at radius 2 is 2.06 bits per heavy atom. The molecule has 2 heterocycles. The van der Waals surface area contributed by atoms with Gasteiger partial charge in [0.2, 0.25) is 0 Å². The van der Waals surface area contributed by atoms with Gasteiger partial charge in [0, 0.05) is 26.3 Å². The van der Waals surface area contributed by atoms with Crippen LogP contribution in [0.15, 0.2) is 6.07 Å². The molecule has 2 N–H and O–H groups in total. The van der Waals surface area contributed by atoms with E-state index in [4.69, 9.17) is 10.5 Å². The third-order valence-electron chi connectivity index (χ3n) is 2.73. The van der Waals surface area contributed by atoms with Crippen LogP contribution in [0, 0.1) is 0 Å². The number of aromatic nitrogens is 2. The highest BCUT2D eigenvalue weighted by atomic mass is 16.5. The second-order valence-electron chi connectivity index (χ2n) is 4.05. The van der Waals surface area contributed by atoms with Crippen LogP contribution in [-0.2, 0) is 11.3 Å². The van der Waals surface area contributed by atoms with Gasteiger partial charge in [0.05, 0.1) is 0 Å². The Bertz CT molecular complexity index is 350. The maximum atomic E-state index is 5.76. The number of rotatable bonds is 3. The van der Waals surface area contributed by atoms with Gasteiger partial charge in [-0.1, -0.05) is 0 Å². The van der Waals surface area contributed by atoms with Crippen LogP contribution in [0.3, 0.4) is 0 Å². The van der Waals surface area contributed by atoms with Gasteiger partial charge in [0.15, 0.2) is 5.82 Å². The average Bonchev–Trinajstić information content (AvgIpc) is 2.30. The number of ether oxygens (including phenoxy) is 1. The van der Waals surface area contributed by atoms with Gasteiger partial charge >= 0.3 is 0 Å². The predicted octanol–water partition coefficient (Wildman–Crippen LogP) is 1.20. The first-order valence-corrected chi connectivity index (χ1v) is 5.67. The van der Waals surface area contributed by atoms with Crippen molar-refractivity contribution >= 4 is 11.6 Å². The van der Waals surface area contributed by atoms with E-state index in [-0.39, 0.29) is 0 Å². The minimum atomic E-state index is 0.409. The number of hydrogen-bond donors (Lipinski definition) is 1. The van der Waals surface area contributed by atoms with Crippen molar-refractivity contribution in [2.45, 2.75) is 25.9 Å². The standard InChI is InChI=1S/C11H18N4O/c1-16-8-10-13-9(12)7-11(14-10)15-5-3-2-4-6-15/h7H,2-6,8H2,1H3,(H2,12,13,14). The summed E-state index contributed by atoms with van der Waals surface area (Å²) in [5, 5.41) is 0. The molecule has 0 aliphatic carbocycles. The van der Waals surface area contributed by atoms with Crippen molar-refractivity contribution in [3.05, 3.63) is 11.9 Å². The number of nitrogens with zero attached hydrogens (tertiary/aromatic N) is 3. The summed E-state index contributed by atoms with van der Waals surface area (Å²) < 4.78 is 5.03. The van der Waals surface area contributed by atoms with Crippen LogP contribution in [0.2, 0.25) is 0 Å². The summed E-state index contributed by atoms with van der Waals surface area (Å²) in [5.74, 6) is 2.10. The molecule has 0 unspecified atom stereocenters. The van der Waals surface area contributed by atoms with Crippen LogP contribution in [0.1, 0.15) is 25.1 Å². The van der Waals surface area contributed by atoms with E-state index < -0.39 is 0 Å². The Morgan fingerprint density at radius 1 is 1.31 bits per heavy atom. The third-order valence-corrected chi connectivity index (χ3v) is 2.73. The van der Waals surface area contributed by atoms with Gasteiger partial charge in [-0.05, 0) is 19.3 Å². The molecule has 0 radical (unpaired) electrons. The van der Waals surface area contributed by atoms with Gasteiger partial charge in [0.25, 0.3) is 0 Å². The molecule has 1 fully saturated rings. The van der Waals surface area contributed by atoms with Gasteiger partial charge < -0.3 is 15.4 Å². The van der Waals surface area contributed by atoms with Gasteiger partial charge in [-0.15, -0.1) is 0 Å². The van der Waals surface area contributed by atoms with Crippen molar-refractivity contribution < 1.29 is 4.74 Å². The first-order chi connectivity index (χ1) is 7.79. The highest BCUT2D eigenvalue weighted by Crippen LogP contribution is 2.19. The molecule has 0 atom stereocenters. The molecule has 1 aromatic heterocycles. The van der Waals surface area contributed by atoms with Crippen LogP contribution in [0.5, 0.6) is 0 Å². The van der Waals surface area contributed by atoms with E-state index >= 15 is 0 Å². The van der Waals surface area contributed by atoms with Crippen LogP contribution in [0.4, 0.5) is 11.6 Å². The molecule has 0 spiro atoms. The maximum Gasteiger partial charge on any atom is 0.158 e. The van der Waals surface area contributed by atoms with Crippen LogP contribution < -0.4 is 10.6 Å². The fraction of sp³-hybridized carbons (Fsp3) is 0.636. The molecule has 0 amide bonds. The Hall–Kier alpha value is -1.36. The van der Waals surface area contributed by atoms with Gasteiger partial charge in [-0.3, -0.25) is 0 Å². The Morgan fingerprint density at radius 3 is 2.75 bits per heavy atom. The highest BCUT2D eigenvalue weighted by molar-refractivity contribution is 5.47. The number of nitrogens with two attached hydrogens (primary N) is 1. The van der Waals surface area contributed by atoms with Crippen LogP contribution in [0.25, 0.3) is 0 Å². The van der Waals surface area contributed by atoms with E-state index in [1.165, 1.54) is 19.3 Å². The molecule has 88 valence electrons. The molecule has 1 aliphatic rings. The van der Waals surface area contributed by atoms with E-state index in [9.17, 15) is 0 Å². The van der Waals surface area contributed by atoms with Crippen molar-refractivity contribution in [2.75, 3.05) is 30.8 Å². The van der Waals surface area contributed by atoms with E-state index in [1.54, 1.807) is 7.11 Å². The monoisotopic (exact) mass is 222 g/mol. The summed E-state index contributed by atoms with van der Waals surface area (Å²) in [5.41, 5.74) is 5.76.